The van der Waals surface area contributed by atoms with E-state index in [0.29, 0.717) is 34.5 Å². The van der Waals surface area contributed by atoms with Crippen molar-refractivity contribution < 1.29 is 9.59 Å². The molecule has 0 spiro atoms. The van der Waals surface area contributed by atoms with E-state index in [1.54, 1.807) is 24.3 Å². The number of carbonyl (C=O) groups is 2. The number of hydrogen-bond donors (Lipinski definition) is 1. The predicted octanol–water partition coefficient (Wildman–Crippen LogP) is 3.99. The van der Waals surface area contributed by atoms with Crippen LogP contribution in [0.4, 0.5) is 10.8 Å². The lowest BCUT2D eigenvalue weighted by Crippen LogP contribution is -2.41. The lowest BCUT2D eigenvalue weighted by Gasteiger charge is -2.23. The first kappa shape index (κ1) is 17.6. The van der Waals surface area contributed by atoms with Crippen LogP contribution in [0.5, 0.6) is 0 Å². The quantitative estimate of drug-likeness (QED) is 0.720. The summed E-state index contributed by atoms with van der Waals surface area (Å²) in [6, 6.07) is 15.9. The van der Waals surface area contributed by atoms with E-state index in [9.17, 15) is 9.59 Å². The van der Waals surface area contributed by atoms with Crippen molar-refractivity contribution in [3.63, 3.8) is 0 Å². The summed E-state index contributed by atoms with van der Waals surface area (Å²) >= 11 is 7.03. The molecule has 1 N–H and O–H groups in total. The van der Waals surface area contributed by atoms with Gasteiger partial charge in [0.25, 0.3) is 0 Å². The molecule has 4 rings (SSSR count). The van der Waals surface area contributed by atoms with E-state index in [1.807, 2.05) is 30.3 Å². The summed E-state index contributed by atoms with van der Waals surface area (Å²) < 4.78 is 4.29. The summed E-state index contributed by atoms with van der Waals surface area (Å²) in [6.45, 7) is 0. The number of rotatable bonds is 4. The monoisotopic (exact) mass is 398 g/mol. The maximum Gasteiger partial charge on any atom is 0.249 e. The van der Waals surface area contributed by atoms with Gasteiger partial charge in [-0.2, -0.15) is 9.36 Å². The van der Waals surface area contributed by atoms with Gasteiger partial charge in [0.1, 0.15) is 6.04 Å². The Morgan fingerprint density at radius 2 is 1.89 bits per heavy atom. The van der Waals surface area contributed by atoms with Gasteiger partial charge in [0.15, 0.2) is 5.82 Å². The fraction of sp³-hybridized carbons (Fsp3) is 0.158. The summed E-state index contributed by atoms with van der Waals surface area (Å²) in [4.78, 5) is 31.0. The second-order valence-electron chi connectivity index (χ2n) is 6.07. The molecule has 1 aromatic heterocycles. The van der Waals surface area contributed by atoms with Gasteiger partial charge in [0.2, 0.25) is 16.9 Å². The number of nitrogens with one attached hydrogen (secondary N) is 1. The number of halogens is 1. The Kier molecular flexibility index (Phi) is 4.87. The third-order valence-electron chi connectivity index (χ3n) is 4.31. The van der Waals surface area contributed by atoms with Crippen molar-refractivity contribution in [2.45, 2.75) is 18.9 Å². The maximum atomic E-state index is 12.8. The van der Waals surface area contributed by atoms with Gasteiger partial charge in [-0.25, -0.2) is 0 Å². The Balaban J connectivity index is 1.51. The topological polar surface area (TPSA) is 75.2 Å². The molecule has 2 heterocycles. The van der Waals surface area contributed by atoms with Crippen molar-refractivity contribution in [3.05, 3.63) is 59.6 Å². The van der Waals surface area contributed by atoms with Crippen LogP contribution in [-0.2, 0) is 9.59 Å². The van der Waals surface area contributed by atoms with Crippen LogP contribution >= 0.6 is 23.1 Å². The minimum absolute atomic E-state index is 0.0836. The van der Waals surface area contributed by atoms with Gasteiger partial charge in [-0.3, -0.25) is 19.8 Å². The average Bonchev–Trinajstić information content (AvgIpc) is 3.30. The SMILES string of the molecule is O=C(Nc1nc(-c2ccccc2)ns1)[C@@H]1CCC(=O)N1c1ccc(Cl)cc1. The lowest BCUT2D eigenvalue weighted by molar-refractivity contribution is -0.120. The van der Waals surface area contributed by atoms with Gasteiger partial charge < -0.3 is 0 Å². The first-order chi connectivity index (χ1) is 13.1. The lowest BCUT2D eigenvalue weighted by atomic mass is 10.2. The van der Waals surface area contributed by atoms with Gasteiger partial charge in [-0.05, 0) is 30.7 Å². The second kappa shape index (κ2) is 7.46. The van der Waals surface area contributed by atoms with Crippen molar-refractivity contribution >= 4 is 45.8 Å². The van der Waals surface area contributed by atoms with E-state index in [-0.39, 0.29) is 11.8 Å². The van der Waals surface area contributed by atoms with Crippen LogP contribution in [-0.4, -0.2) is 27.2 Å². The zero-order chi connectivity index (χ0) is 18.8. The molecule has 1 aliphatic rings. The fourth-order valence-electron chi connectivity index (χ4n) is 3.02. The highest BCUT2D eigenvalue weighted by molar-refractivity contribution is 7.10. The molecule has 0 bridgehead atoms. The third kappa shape index (κ3) is 3.70. The number of carbonyl (C=O) groups excluding carboxylic acids is 2. The number of hydrogen-bond acceptors (Lipinski definition) is 5. The molecule has 0 aliphatic carbocycles. The highest BCUT2D eigenvalue weighted by Crippen LogP contribution is 2.29. The zero-order valence-corrected chi connectivity index (χ0v) is 15.7. The molecular formula is C19H15ClN4O2S. The number of aromatic nitrogens is 2. The number of anilines is 2. The minimum Gasteiger partial charge on any atom is -0.300 e. The van der Waals surface area contributed by atoms with Gasteiger partial charge in [-0.1, -0.05) is 41.9 Å². The molecule has 3 aromatic rings. The highest BCUT2D eigenvalue weighted by atomic mass is 35.5. The Bertz CT molecular complexity index is 975. The smallest absolute Gasteiger partial charge is 0.249 e. The normalized spacial score (nSPS) is 16.6. The molecule has 1 saturated heterocycles. The predicted molar refractivity (Wildman–Crippen MR) is 106 cm³/mol. The fourth-order valence-corrected chi connectivity index (χ4v) is 3.74. The first-order valence-electron chi connectivity index (χ1n) is 8.39. The van der Waals surface area contributed by atoms with Crippen molar-refractivity contribution in [1.29, 1.82) is 0 Å². The van der Waals surface area contributed by atoms with E-state index in [1.165, 1.54) is 4.90 Å². The summed E-state index contributed by atoms with van der Waals surface area (Å²) in [6.07, 6.45) is 0.781. The number of benzene rings is 2. The third-order valence-corrected chi connectivity index (χ3v) is 5.19. The summed E-state index contributed by atoms with van der Waals surface area (Å²) in [5.41, 5.74) is 1.54. The van der Waals surface area contributed by atoms with E-state index in [0.717, 1.165) is 17.1 Å². The van der Waals surface area contributed by atoms with Gasteiger partial charge in [0.05, 0.1) is 0 Å². The number of amides is 2. The molecule has 8 heteroatoms. The molecule has 1 fully saturated rings. The molecule has 1 atom stereocenters. The van der Waals surface area contributed by atoms with Crippen LogP contribution in [0.3, 0.4) is 0 Å². The van der Waals surface area contributed by atoms with Crippen LogP contribution < -0.4 is 10.2 Å². The Labute approximate surface area is 165 Å². The number of nitrogens with zero attached hydrogens (tertiary/aromatic N) is 3. The minimum atomic E-state index is -0.581. The van der Waals surface area contributed by atoms with E-state index >= 15 is 0 Å². The Morgan fingerprint density at radius 1 is 1.15 bits per heavy atom. The molecule has 2 amide bonds. The van der Waals surface area contributed by atoms with E-state index < -0.39 is 6.04 Å². The summed E-state index contributed by atoms with van der Waals surface area (Å²) in [7, 11) is 0. The van der Waals surface area contributed by atoms with Crippen molar-refractivity contribution in [2.24, 2.45) is 0 Å². The van der Waals surface area contributed by atoms with Crippen LogP contribution in [0, 0.1) is 0 Å². The van der Waals surface area contributed by atoms with Crippen LogP contribution in [0.1, 0.15) is 12.8 Å². The molecular weight excluding hydrogens is 384 g/mol. The van der Waals surface area contributed by atoms with Crippen LogP contribution in [0.2, 0.25) is 5.02 Å². The standard InChI is InChI=1S/C19H15ClN4O2S/c20-13-6-8-14(9-7-13)24-15(10-11-16(24)25)18(26)22-19-21-17(23-27-19)12-4-2-1-3-5-12/h1-9,15H,10-11H2,(H,21,22,23,26)/t15-/m0/s1. The Morgan fingerprint density at radius 3 is 2.63 bits per heavy atom. The van der Waals surface area contributed by atoms with E-state index in [4.69, 9.17) is 11.6 Å². The second-order valence-corrected chi connectivity index (χ2v) is 7.26. The summed E-state index contributed by atoms with van der Waals surface area (Å²) in [5, 5.41) is 3.78. The van der Waals surface area contributed by atoms with Crippen LogP contribution in [0.15, 0.2) is 54.6 Å². The largest absolute Gasteiger partial charge is 0.300 e. The van der Waals surface area contributed by atoms with Gasteiger partial charge in [-0.15, -0.1) is 0 Å². The molecule has 27 heavy (non-hydrogen) atoms. The van der Waals surface area contributed by atoms with Crippen molar-refractivity contribution in [3.8, 4) is 11.4 Å². The molecule has 0 unspecified atom stereocenters. The van der Waals surface area contributed by atoms with Gasteiger partial charge >= 0.3 is 0 Å². The molecule has 1 aliphatic heterocycles. The van der Waals surface area contributed by atoms with Crippen molar-refractivity contribution in [2.75, 3.05) is 10.2 Å². The first-order valence-corrected chi connectivity index (χ1v) is 9.54. The Hall–Kier alpha value is -2.77. The maximum absolute atomic E-state index is 12.8. The molecule has 0 saturated carbocycles. The van der Waals surface area contributed by atoms with Gasteiger partial charge in [0, 0.05) is 34.2 Å². The van der Waals surface area contributed by atoms with Crippen molar-refractivity contribution in [1.82, 2.24) is 9.36 Å². The zero-order valence-electron chi connectivity index (χ0n) is 14.1. The van der Waals surface area contributed by atoms with E-state index in [2.05, 4.69) is 14.7 Å². The molecule has 136 valence electrons. The molecule has 2 aromatic carbocycles. The highest BCUT2D eigenvalue weighted by Gasteiger charge is 2.37. The van der Waals surface area contributed by atoms with Crippen LogP contribution in [0.25, 0.3) is 11.4 Å². The molecule has 6 nitrogen and oxygen atoms in total. The average molecular weight is 399 g/mol. The summed E-state index contributed by atoms with van der Waals surface area (Å²) in [5.74, 6) is 0.208. The molecule has 0 radical (unpaired) electrons.